The number of hydrogen-bond acceptors (Lipinski definition) is 4. The topological polar surface area (TPSA) is 70.0 Å². The second kappa shape index (κ2) is 4.47. The molecule has 1 N–H and O–H groups in total. The molecule has 2 amide bonds. The Kier molecular flexibility index (Phi) is 3.84. The summed E-state index contributed by atoms with van der Waals surface area (Å²) in [6.45, 7) is 0. The fraction of sp³-hybridized carbons (Fsp3) is 0. The number of rotatable bonds is 0. The average molecular weight is 155 g/mol. The first-order valence-electron chi connectivity index (χ1n) is 2.25. The zero-order valence-electron chi connectivity index (χ0n) is 4.83. The number of imide groups is 1. The lowest BCUT2D eigenvalue weighted by molar-refractivity contribution is -0.123. The molecule has 0 radical (unpaired) electrons. The quantitative estimate of drug-likeness (QED) is 0.283. The monoisotopic (exact) mass is 155 g/mol. The zero-order chi connectivity index (χ0) is 7.98. The maximum atomic E-state index is 10.0. The largest absolute Gasteiger partial charge is 0.696 e. The van der Waals surface area contributed by atoms with Gasteiger partial charge in [-0.1, -0.05) is 5.40 Å². The van der Waals surface area contributed by atoms with Gasteiger partial charge in [0.15, 0.2) is 0 Å². The molecular formula is C5H3N2O2S-. The molecule has 0 saturated heterocycles. The lowest BCUT2D eigenvalue weighted by Crippen LogP contribution is -2.19. The summed E-state index contributed by atoms with van der Waals surface area (Å²) >= 11 is 3.70. The molecule has 10 heavy (non-hydrogen) atoms. The van der Waals surface area contributed by atoms with Crippen LogP contribution in [-0.2, 0) is 22.2 Å². The van der Waals surface area contributed by atoms with E-state index in [1.807, 2.05) is 5.32 Å². The van der Waals surface area contributed by atoms with E-state index in [0.29, 0.717) is 0 Å². The molecule has 4 nitrogen and oxygen atoms in total. The van der Waals surface area contributed by atoms with Gasteiger partial charge in [-0.3, -0.25) is 14.9 Å². The summed E-state index contributed by atoms with van der Waals surface area (Å²) in [6, 6.07) is 0. The van der Waals surface area contributed by atoms with E-state index in [1.54, 1.807) is 0 Å². The minimum absolute atomic E-state index is 0.329. The smallest absolute Gasteiger partial charge is 0.250 e. The molecular weight excluding hydrogens is 152 g/mol. The van der Waals surface area contributed by atoms with E-state index in [2.05, 4.69) is 12.6 Å². The van der Waals surface area contributed by atoms with Gasteiger partial charge in [-0.2, -0.15) is 0 Å². The first-order chi connectivity index (χ1) is 4.70. The van der Waals surface area contributed by atoms with Crippen molar-refractivity contribution < 1.29 is 9.59 Å². The highest BCUT2D eigenvalue weighted by Gasteiger charge is 2.06. The number of carbonyl (C=O) groups excluding carboxylic acids is 2. The van der Waals surface area contributed by atoms with Gasteiger partial charge < -0.3 is 12.6 Å². The van der Waals surface area contributed by atoms with Crippen LogP contribution in [-0.4, -0.2) is 11.8 Å². The Balaban J connectivity index is 0.000000236. The normalized spacial score (nSPS) is 13.1. The maximum Gasteiger partial charge on any atom is 0.250 e. The van der Waals surface area contributed by atoms with Gasteiger partial charge >= 0.3 is 0 Å². The number of hydrogen-bond donors (Lipinski definition) is 1. The van der Waals surface area contributed by atoms with Gasteiger partial charge in [0.2, 0.25) is 0 Å². The Labute approximate surface area is 62.9 Å². The molecule has 1 heterocycles. The molecule has 0 aromatic rings. The number of nitrogens with zero attached hydrogens (tertiary/aromatic N) is 1. The summed E-state index contributed by atoms with van der Waals surface area (Å²) in [5.41, 5.74) is 0. The molecule has 1 aliphatic rings. The SMILES string of the molecule is N#C[S-].O=C1C=CC(=O)N1. The van der Waals surface area contributed by atoms with Crippen LogP contribution in [0.25, 0.3) is 0 Å². The van der Waals surface area contributed by atoms with Crippen LogP contribution in [0, 0.1) is 10.7 Å². The highest BCUT2D eigenvalue weighted by atomic mass is 32.1. The van der Waals surface area contributed by atoms with Gasteiger partial charge in [0.25, 0.3) is 11.8 Å². The Bertz CT molecular complexity index is 200. The van der Waals surface area contributed by atoms with Crippen LogP contribution >= 0.6 is 0 Å². The van der Waals surface area contributed by atoms with E-state index in [9.17, 15) is 9.59 Å². The predicted molar refractivity (Wildman–Crippen MR) is 35.3 cm³/mol. The van der Waals surface area contributed by atoms with Gasteiger partial charge in [0.1, 0.15) is 0 Å². The molecule has 0 aromatic heterocycles. The second-order valence-corrected chi connectivity index (χ2v) is 1.46. The van der Waals surface area contributed by atoms with Crippen molar-refractivity contribution in [1.82, 2.24) is 5.32 Å². The third-order valence-corrected chi connectivity index (χ3v) is 0.632. The van der Waals surface area contributed by atoms with Gasteiger partial charge in [0.05, 0.1) is 0 Å². The summed E-state index contributed by atoms with van der Waals surface area (Å²) in [5.74, 6) is -0.657. The molecule has 0 bridgehead atoms. The molecule has 0 aromatic carbocycles. The fourth-order valence-corrected chi connectivity index (χ4v) is 0.356. The van der Waals surface area contributed by atoms with Gasteiger partial charge in [0, 0.05) is 12.2 Å². The Morgan fingerprint density at radius 1 is 1.40 bits per heavy atom. The molecule has 1 aliphatic heterocycles. The number of amides is 2. The number of nitrogens with one attached hydrogen (secondary N) is 1. The summed E-state index contributed by atoms with van der Waals surface area (Å²) in [6.07, 6.45) is 2.39. The Morgan fingerprint density at radius 3 is 1.80 bits per heavy atom. The lowest BCUT2D eigenvalue weighted by atomic mass is 10.6. The van der Waals surface area contributed by atoms with E-state index in [1.165, 1.54) is 17.6 Å². The fourth-order valence-electron chi connectivity index (χ4n) is 0.356. The van der Waals surface area contributed by atoms with Crippen molar-refractivity contribution in [1.29, 1.82) is 5.26 Å². The summed E-state index contributed by atoms with van der Waals surface area (Å²) in [5, 5.41) is 10.5. The van der Waals surface area contributed by atoms with Crippen molar-refractivity contribution >= 4 is 24.4 Å². The molecule has 0 atom stereocenters. The molecule has 52 valence electrons. The average Bonchev–Trinajstić information content (AvgIpc) is 2.17. The van der Waals surface area contributed by atoms with Crippen molar-refractivity contribution in [2.45, 2.75) is 0 Å². The Hall–Kier alpha value is -1.41. The first kappa shape index (κ1) is 8.59. The summed E-state index contributed by atoms with van der Waals surface area (Å²) in [4.78, 5) is 20.1. The predicted octanol–water partition coefficient (Wildman–Crippen LogP) is -0.787. The Morgan fingerprint density at radius 2 is 1.70 bits per heavy atom. The van der Waals surface area contributed by atoms with Crippen molar-refractivity contribution in [3.05, 3.63) is 12.2 Å². The number of nitriles is 1. The van der Waals surface area contributed by atoms with Crippen molar-refractivity contribution in [2.24, 2.45) is 0 Å². The summed E-state index contributed by atoms with van der Waals surface area (Å²) in [7, 11) is 0. The van der Waals surface area contributed by atoms with Crippen molar-refractivity contribution in [3.63, 3.8) is 0 Å². The number of thiocyanates is 1. The van der Waals surface area contributed by atoms with Crippen LogP contribution in [0.2, 0.25) is 0 Å². The van der Waals surface area contributed by atoms with Crippen LogP contribution in [0.1, 0.15) is 0 Å². The van der Waals surface area contributed by atoms with Crippen molar-refractivity contribution in [2.75, 3.05) is 0 Å². The molecule has 0 fully saturated rings. The van der Waals surface area contributed by atoms with Crippen LogP contribution in [0.5, 0.6) is 0 Å². The highest BCUT2D eigenvalue weighted by molar-refractivity contribution is 7.64. The molecule has 0 aliphatic carbocycles. The van der Waals surface area contributed by atoms with E-state index >= 15 is 0 Å². The minimum atomic E-state index is -0.329. The highest BCUT2D eigenvalue weighted by Crippen LogP contribution is 1.82. The molecule has 0 unspecified atom stereocenters. The van der Waals surface area contributed by atoms with Crippen LogP contribution in [0.3, 0.4) is 0 Å². The van der Waals surface area contributed by atoms with E-state index in [-0.39, 0.29) is 11.8 Å². The molecule has 0 saturated carbocycles. The molecule has 1 rings (SSSR count). The lowest BCUT2D eigenvalue weighted by Gasteiger charge is -1.80. The zero-order valence-corrected chi connectivity index (χ0v) is 5.64. The van der Waals surface area contributed by atoms with E-state index in [4.69, 9.17) is 5.26 Å². The van der Waals surface area contributed by atoms with Crippen LogP contribution in [0.4, 0.5) is 0 Å². The van der Waals surface area contributed by atoms with E-state index < -0.39 is 0 Å². The van der Waals surface area contributed by atoms with E-state index in [0.717, 1.165) is 0 Å². The minimum Gasteiger partial charge on any atom is -0.696 e. The standard InChI is InChI=1S/C4H3NO2.CHNS/c6-3-1-2-4(7)5-3;2-1-3/h1-2H,(H,5,6,7);3H/p-1. The van der Waals surface area contributed by atoms with Crippen LogP contribution < -0.4 is 5.32 Å². The maximum absolute atomic E-state index is 10.0. The second-order valence-electron chi connectivity index (χ2n) is 1.28. The summed E-state index contributed by atoms with van der Waals surface area (Å²) < 4.78 is 0. The molecule has 5 heteroatoms. The van der Waals surface area contributed by atoms with Gasteiger partial charge in [-0.15, -0.1) is 0 Å². The first-order valence-corrected chi connectivity index (χ1v) is 2.65. The third kappa shape index (κ3) is 3.57. The molecule has 0 spiro atoms. The van der Waals surface area contributed by atoms with Crippen LogP contribution in [0.15, 0.2) is 12.2 Å². The van der Waals surface area contributed by atoms with Gasteiger partial charge in [-0.25, -0.2) is 5.26 Å². The van der Waals surface area contributed by atoms with Crippen molar-refractivity contribution in [3.8, 4) is 5.40 Å². The number of carbonyl (C=O) groups is 2. The van der Waals surface area contributed by atoms with Gasteiger partial charge in [-0.05, 0) is 0 Å². The third-order valence-electron chi connectivity index (χ3n) is 0.632.